The van der Waals surface area contributed by atoms with Gasteiger partial charge in [0, 0.05) is 16.8 Å². The molecule has 3 heteroatoms. The van der Waals surface area contributed by atoms with Gasteiger partial charge in [-0.25, -0.2) is 0 Å². The van der Waals surface area contributed by atoms with E-state index in [4.69, 9.17) is 5.73 Å². The maximum atomic E-state index is 12.2. The van der Waals surface area contributed by atoms with Crippen LogP contribution in [-0.2, 0) is 0 Å². The van der Waals surface area contributed by atoms with E-state index >= 15 is 0 Å². The first-order valence-corrected chi connectivity index (χ1v) is 6.11. The smallest absolute Gasteiger partial charge is 0.251 e. The molecule has 92 valence electrons. The fraction of sp³-hybridized carbons (Fsp3) is 0.500. The Balaban J connectivity index is 2.22. The van der Waals surface area contributed by atoms with Gasteiger partial charge in [-0.3, -0.25) is 4.79 Å². The third-order valence-corrected chi connectivity index (χ3v) is 3.95. The monoisotopic (exact) mass is 232 g/mol. The molecule has 3 N–H and O–H groups in total. The van der Waals surface area contributed by atoms with Crippen LogP contribution in [0.5, 0.6) is 0 Å². The van der Waals surface area contributed by atoms with Crippen LogP contribution in [0.4, 0.5) is 5.69 Å². The molecule has 0 spiro atoms. The number of rotatable bonds is 2. The van der Waals surface area contributed by atoms with Gasteiger partial charge in [-0.2, -0.15) is 0 Å². The van der Waals surface area contributed by atoms with Gasteiger partial charge < -0.3 is 11.1 Å². The second-order valence-electron chi connectivity index (χ2n) is 5.32. The second-order valence-corrected chi connectivity index (χ2v) is 5.32. The predicted molar refractivity (Wildman–Crippen MR) is 70.1 cm³/mol. The van der Waals surface area contributed by atoms with E-state index in [-0.39, 0.29) is 11.4 Å². The fourth-order valence-electron chi connectivity index (χ4n) is 2.26. The summed E-state index contributed by atoms with van der Waals surface area (Å²) in [6.07, 6.45) is 3.36. The molecule has 0 saturated heterocycles. The topological polar surface area (TPSA) is 55.1 Å². The van der Waals surface area contributed by atoms with Gasteiger partial charge in [0.2, 0.25) is 0 Å². The van der Waals surface area contributed by atoms with Crippen LogP contribution in [0.1, 0.15) is 47.7 Å². The lowest BCUT2D eigenvalue weighted by Gasteiger charge is -2.39. The lowest BCUT2D eigenvalue weighted by Crippen LogP contribution is -2.51. The molecule has 1 aliphatic carbocycles. The lowest BCUT2D eigenvalue weighted by molar-refractivity contribution is 0.0850. The minimum atomic E-state index is -0.00118. The van der Waals surface area contributed by atoms with Crippen molar-refractivity contribution in [2.45, 2.75) is 45.6 Å². The third kappa shape index (κ3) is 2.14. The van der Waals surface area contributed by atoms with Crippen molar-refractivity contribution in [3.05, 3.63) is 28.8 Å². The summed E-state index contributed by atoms with van der Waals surface area (Å²) in [5.74, 6) is 0.0211. The van der Waals surface area contributed by atoms with Gasteiger partial charge in [-0.1, -0.05) is 0 Å². The molecule has 0 aromatic heterocycles. The molecule has 1 aromatic carbocycles. The minimum Gasteiger partial charge on any atom is -0.399 e. The molecular weight excluding hydrogens is 212 g/mol. The van der Waals surface area contributed by atoms with Gasteiger partial charge >= 0.3 is 0 Å². The normalized spacial score (nSPS) is 17.4. The van der Waals surface area contributed by atoms with E-state index < -0.39 is 0 Å². The fourth-order valence-corrected chi connectivity index (χ4v) is 2.26. The zero-order valence-electron chi connectivity index (χ0n) is 10.8. The molecule has 17 heavy (non-hydrogen) atoms. The average Bonchev–Trinajstić information content (AvgIpc) is 2.23. The molecule has 0 atom stereocenters. The van der Waals surface area contributed by atoms with E-state index in [1.165, 1.54) is 6.42 Å². The summed E-state index contributed by atoms with van der Waals surface area (Å²) in [6, 6.07) is 3.62. The molecule has 1 saturated carbocycles. The Bertz CT molecular complexity index is 462. The van der Waals surface area contributed by atoms with E-state index in [9.17, 15) is 4.79 Å². The van der Waals surface area contributed by atoms with Gasteiger partial charge in [-0.15, -0.1) is 0 Å². The summed E-state index contributed by atoms with van der Waals surface area (Å²) in [6.45, 7) is 6.00. The molecule has 0 bridgehead atoms. The number of nitrogen functional groups attached to an aromatic ring is 1. The average molecular weight is 232 g/mol. The number of nitrogens with two attached hydrogens (primary N) is 1. The van der Waals surface area contributed by atoms with E-state index in [0.29, 0.717) is 0 Å². The molecule has 0 radical (unpaired) electrons. The Labute approximate surface area is 102 Å². The summed E-state index contributed by atoms with van der Waals surface area (Å²) >= 11 is 0. The highest BCUT2D eigenvalue weighted by Crippen LogP contribution is 2.31. The first-order chi connectivity index (χ1) is 7.93. The maximum Gasteiger partial charge on any atom is 0.251 e. The molecule has 1 amide bonds. The third-order valence-electron chi connectivity index (χ3n) is 3.95. The minimum absolute atomic E-state index is 0.00118. The highest BCUT2D eigenvalue weighted by Gasteiger charge is 2.33. The van der Waals surface area contributed by atoms with Crippen molar-refractivity contribution in [2.75, 3.05) is 5.73 Å². The number of amides is 1. The molecule has 1 aliphatic rings. The van der Waals surface area contributed by atoms with Gasteiger partial charge in [-0.05, 0) is 63.3 Å². The van der Waals surface area contributed by atoms with E-state index in [1.54, 1.807) is 6.07 Å². The lowest BCUT2D eigenvalue weighted by atomic mass is 9.78. The summed E-state index contributed by atoms with van der Waals surface area (Å²) in [5, 5.41) is 3.12. The number of hydrogen-bond donors (Lipinski definition) is 2. The van der Waals surface area contributed by atoms with Crippen LogP contribution >= 0.6 is 0 Å². The molecule has 1 aromatic rings. The summed E-state index contributed by atoms with van der Waals surface area (Å²) in [5.41, 5.74) is 9.28. The zero-order valence-corrected chi connectivity index (χ0v) is 10.8. The number of benzene rings is 1. The highest BCUT2D eigenvalue weighted by atomic mass is 16.1. The maximum absolute atomic E-state index is 12.2. The molecular formula is C14H20N2O. The predicted octanol–water partition coefficient (Wildman–Crippen LogP) is 2.56. The van der Waals surface area contributed by atoms with Crippen molar-refractivity contribution in [2.24, 2.45) is 0 Å². The first kappa shape index (κ1) is 12.0. The number of anilines is 1. The van der Waals surface area contributed by atoms with Crippen molar-refractivity contribution in [1.29, 1.82) is 0 Å². The highest BCUT2D eigenvalue weighted by molar-refractivity contribution is 5.97. The van der Waals surface area contributed by atoms with Gasteiger partial charge in [0.15, 0.2) is 0 Å². The Hall–Kier alpha value is -1.51. The van der Waals surface area contributed by atoms with Gasteiger partial charge in [0.1, 0.15) is 0 Å². The van der Waals surface area contributed by atoms with Crippen LogP contribution in [0, 0.1) is 13.8 Å². The molecule has 0 heterocycles. The second kappa shape index (κ2) is 4.06. The van der Waals surface area contributed by atoms with Crippen molar-refractivity contribution >= 4 is 11.6 Å². The Morgan fingerprint density at radius 2 is 1.94 bits per heavy atom. The van der Waals surface area contributed by atoms with Crippen LogP contribution in [0.25, 0.3) is 0 Å². The molecule has 0 unspecified atom stereocenters. The van der Waals surface area contributed by atoms with Crippen LogP contribution in [-0.4, -0.2) is 11.4 Å². The Morgan fingerprint density at radius 3 is 2.47 bits per heavy atom. The Morgan fingerprint density at radius 1 is 1.29 bits per heavy atom. The van der Waals surface area contributed by atoms with Crippen LogP contribution in [0.2, 0.25) is 0 Å². The van der Waals surface area contributed by atoms with Crippen LogP contribution in [0.15, 0.2) is 12.1 Å². The number of hydrogen-bond acceptors (Lipinski definition) is 2. The molecule has 0 aliphatic heterocycles. The molecule has 3 nitrogen and oxygen atoms in total. The standard InChI is InChI=1S/C14H20N2O/c1-9-10(2)12(15)6-5-11(9)13(17)16-14(3)7-4-8-14/h5-6H,4,7-8,15H2,1-3H3,(H,16,17). The van der Waals surface area contributed by atoms with Crippen molar-refractivity contribution in [3.8, 4) is 0 Å². The van der Waals surface area contributed by atoms with Crippen molar-refractivity contribution in [3.63, 3.8) is 0 Å². The zero-order chi connectivity index (χ0) is 12.6. The first-order valence-electron chi connectivity index (χ1n) is 6.11. The van der Waals surface area contributed by atoms with Crippen LogP contribution in [0.3, 0.4) is 0 Å². The Kier molecular flexibility index (Phi) is 2.86. The quantitative estimate of drug-likeness (QED) is 0.770. The van der Waals surface area contributed by atoms with E-state index in [1.807, 2.05) is 19.9 Å². The molecule has 1 fully saturated rings. The van der Waals surface area contributed by atoms with Crippen LogP contribution < -0.4 is 11.1 Å². The van der Waals surface area contributed by atoms with Gasteiger partial charge in [0.05, 0.1) is 0 Å². The van der Waals surface area contributed by atoms with Gasteiger partial charge in [0.25, 0.3) is 5.91 Å². The van der Waals surface area contributed by atoms with E-state index in [0.717, 1.165) is 35.2 Å². The largest absolute Gasteiger partial charge is 0.399 e. The molecule has 2 rings (SSSR count). The summed E-state index contributed by atoms with van der Waals surface area (Å²) in [7, 11) is 0. The van der Waals surface area contributed by atoms with Crippen molar-refractivity contribution < 1.29 is 4.79 Å². The van der Waals surface area contributed by atoms with Crippen molar-refractivity contribution in [1.82, 2.24) is 5.32 Å². The summed E-state index contributed by atoms with van der Waals surface area (Å²) in [4.78, 5) is 12.2. The number of nitrogens with one attached hydrogen (secondary N) is 1. The SMILES string of the molecule is Cc1c(N)ccc(C(=O)NC2(C)CCC2)c1C. The number of carbonyl (C=O) groups is 1. The number of carbonyl (C=O) groups excluding carboxylic acids is 1. The van der Waals surface area contributed by atoms with E-state index in [2.05, 4.69) is 12.2 Å². The summed E-state index contributed by atoms with van der Waals surface area (Å²) < 4.78 is 0.